The standard InChI is InChI=1S/C31H31N3/c1-20-6-10-24-23(25(20)18-32)11-9-22(26(24)19-33)8-7-21-16-27-29-28(17-21)31(4,5)13-15-34(29)14-12-30(27,2)3/h6-11,16-17H,12-15H2,1-5H3. The molecule has 0 aromatic heterocycles. The molecule has 2 aliphatic heterocycles. The van der Waals surface area contributed by atoms with Crippen LogP contribution >= 0.6 is 0 Å². The Balaban J connectivity index is 1.65. The maximum atomic E-state index is 9.99. The molecule has 5 rings (SSSR count). The third kappa shape index (κ3) is 3.39. The molecule has 170 valence electrons. The quantitative estimate of drug-likeness (QED) is 0.391. The predicted molar refractivity (Wildman–Crippen MR) is 141 cm³/mol. The maximum Gasteiger partial charge on any atom is 0.100 e. The van der Waals surface area contributed by atoms with Crippen molar-refractivity contribution in [2.24, 2.45) is 0 Å². The Kier molecular flexibility index (Phi) is 5.07. The molecule has 3 nitrogen and oxygen atoms in total. The van der Waals surface area contributed by atoms with Crippen molar-refractivity contribution in [2.45, 2.75) is 58.3 Å². The van der Waals surface area contributed by atoms with Crippen LogP contribution in [-0.2, 0) is 10.8 Å². The Labute approximate surface area is 202 Å². The Morgan fingerprint density at radius 1 is 0.794 bits per heavy atom. The summed E-state index contributed by atoms with van der Waals surface area (Å²) in [5.41, 5.74) is 8.89. The van der Waals surface area contributed by atoms with Gasteiger partial charge in [0.1, 0.15) is 12.1 Å². The van der Waals surface area contributed by atoms with E-state index < -0.39 is 0 Å². The Morgan fingerprint density at radius 2 is 1.35 bits per heavy atom. The summed E-state index contributed by atoms with van der Waals surface area (Å²) in [5.74, 6) is 0. The van der Waals surface area contributed by atoms with E-state index in [1.54, 1.807) is 0 Å². The predicted octanol–water partition coefficient (Wildman–Crippen LogP) is 7.23. The molecule has 3 aromatic carbocycles. The molecule has 0 atom stereocenters. The van der Waals surface area contributed by atoms with Crippen molar-refractivity contribution in [3.63, 3.8) is 0 Å². The molecule has 0 radical (unpaired) electrons. The van der Waals surface area contributed by atoms with Crippen LogP contribution in [0.25, 0.3) is 22.9 Å². The minimum absolute atomic E-state index is 0.143. The minimum atomic E-state index is 0.143. The number of hydrogen-bond donors (Lipinski definition) is 0. The van der Waals surface area contributed by atoms with Crippen LogP contribution < -0.4 is 4.90 Å². The van der Waals surface area contributed by atoms with Gasteiger partial charge in [0.2, 0.25) is 0 Å². The minimum Gasteiger partial charge on any atom is -0.371 e. The van der Waals surface area contributed by atoms with Crippen molar-refractivity contribution in [1.82, 2.24) is 0 Å². The van der Waals surface area contributed by atoms with E-state index in [9.17, 15) is 10.5 Å². The van der Waals surface area contributed by atoms with E-state index >= 15 is 0 Å². The fraction of sp³-hybridized carbons (Fsp3) is 0.355. The highest BCUT2D eigenvalue weighted by atomic mass is 15.2. The summed E-state index contributed by atoms with van der Waals surface area (Å²) in [6, 6.07) is 17.2. The first-order chi connectivity index (χ1) is 16.2. The molecule has 0 aliphatic carbocycles. The normalized spacial score (nSPS) is 17.9. The van der Waals surface area contributed by atoms with Gasteiger partial charge in [-0.15, -0.1) is 0 Å². The molecule has 3 aromatic rings. The molecule has 0 saturated carbocycles. The number of aryl methyl sites for hydroxylation is 1. The second-order valence-electron chi connectivity index (χ2n) is 11.2. The molecule has 34 heavy (non-hydrogen) atoms. The van der Waals surface area contributed by atoms with Crippen LogP contribution in [-0.4, -0.2) is 13.1 Å². The summed E-state index contributed by atoms with van der Waals surface area (Å²) >= 11 is 0. The topological polar surface area (TPSA) is 50.8 Å². The molecule has 0 spiro atoms. The molecule has 0 N–H and O–H groups in total. The van der Waals surface area contributed by atoms with Crippen molar-refractivity contribution < 1.29 is 0 Å². The number of anilines is 1. The fourth-order valence-corrected chi connectivity index (χ4v) is 5.69. The lowest BCUT2D eigenvalue weighted by Crippen LogP contribution is -2.44. The first-order valence-corrected chi connectivity index (χ1v) is 12.1. The van der Waals surface area contributed by atoms with E-state index in [2.05, 4.69) is 69.0 Å². The van der Waals surface area contributed by atoms with Gasteiger partial charge in [0.15, 0.2) is 0 Å². The van der Waals surface area contributed by atoms with E-state index in [-0.39, 0.29) is 10.8 Å². The zero-order chi connectivity index (χ0) is 24.3. The largest absolute Gasteiger partial charge is 0.371 e. The van der Waals surface area contributed by atoms with Gasteiger partial charge in [-0.25, -0.2) is 0 Å². The van der Waals surface area contributed by atoms with E-state index in [0.29, 0.717) is 11.1 Å². The molecular weight excluding hydrogens is 414 g/mol. The van der Waals surface area contributed by atoms with Gasteiger partial charge < -0.3 is 4.90 Å². The summed E-state index contributed by atoms with van der Waals surface area (Å²) in [6.07, 6.45) is 6.54. The van der Waals surface area contributed by atoms with E-state index in [1.807, 2.05) is 31.2 Å². The van der Waals surface area contributed by atoms with Crippen LogP contribution in [0.5, 0.6) is 0 Å². The number of rotatable bonds is 2. The van der Waals surface area contributed by atoms with Gasteiger partial charge in [-0.2, -0.15) is 10.5 Å². The number of hydrogen-bond acceptors (Lipinski definition) is 3. The van der Waals surface area contributed by atoms with Crippen LogP contribution in [0.15, 0.2) is 36.4 Å². The lowest BCUT2D eigenvalue weighted by molar-refractivity contribution is 0.401. The molecular formula is C31H31N3. The molecule has 2 aliphatic rings. The van der Waals surface area contributed by atoms with Gasteiger partial charge in [0.25, 0.3) is 0 Å². The fourth-order valence-electron chi connectivity index (χ4n) is 5.69. The Hall–Kier alpha value is -3.56. The van der Waals surface area contributed by atoms with E-state index in [1.165, 1.54) is 22.4 Å². The third-order valence-electron chi connectivity index (χ3n) is 8.04. The van der Waals surface area contributed by atoms with Crippen molar-refractivity contribution in [3.05, 3.63) is 75.3 Å². The molecule has 0 bridgehead atoms. The number of nitriles is 2. The van der Waals surface area contributed by atoms with Gasteiger partial charge in [0, 0.05) is 29.5 Å². The zero-order valence-corrected chi connectivity index (χ0v) is 20.8. The summed E-state index contributed by atoms with van der Waals surface area (Å²) in [6.45, 7) is 13.6. The van der Waals surface area contributed by atoms with Gasteiger partial charge in [-0.1, -0.05) is 64.1 Å². The van der Waals surface area contributed by atoms with Crippen molar-refractivity contribution >= 4 is 28.6 Å². The second kappa shape index (κ2) is 7.75. The van der Waals surface area contributed by atoms with Gasteiger partial charge in [-0.3, -0.25) is 0 Å². The van der Waals surface area contributed by atoms with Crippen LogP contribution in [0.3, 0.4) is 0 Å². The lowest BCUT2D eigenvalue weighted by Gasteiger charge is -2.48. The number of benzene rings is 3. The summed E-state index contributed by atoms with van der Waals surface area (Å²) in [4.78, 5) is 2.58. The molecule has 3 heteroatoms. The number of nitrogens with zero attached hydrogens (tertiary/aromatic N) is 3. The van der Waals surface area contributed by atoms with Crippen LogP contribution in [0.1, 0.15) is 79.5 Å². The molecule has 0 fully saturated rings. The SMILES string of the molecule is Cc1ccc2c(C#N)c(C=Cc3cc4c5c(c3)C(C)(C)CCN5CCC4(C)C)ccc2c1C#N. The van der Waals surface area contributed by atoms with Crippen molar-refractivity contribution in [2.75, 3.05) is 18.0 Å². The average Bonchev–Trinajstić information content (AvgIpc) is 2.81. The maximum absolute atomic E-state index is 9.99. The molecule has 0 unspecified atom stereocenters. The highest BCUT2D eigenvalue weighted by Gasteiger charge is 2.39. The summed E-state index contributed by atoms with van der Waals surface area (Å²) < 4.78 is 0. The highest BCUT2D eigenvalue weighted by Crippen LogP contribution is 2.49. The van der Waals surface area contributed by atoms with Gasteiger partial charge >= 0.3 is 0 Å². The smallest absolute Gasteiger partial charge is 0.100 e. The number of fused-ring (bicyclic) bond motifs is 1. The lowest BCUT2D eigenvalue weighted by atomic mass is 9.69. The first-order valence-electron chi connectivity index (χ1n) is 12.1. The van der Waals surface area contributed by atoms with Crippen LogP contribution in [0.2, 0.25) is 0 Å². The monoisotopic (exact) mass is 445 g/mol. The Bertz CT molecular complexity index is 1400. The highest BCUT2D eigenvalue weighted by molar-refractivity contribution is 5.96. The third-order valence-corrected chi connectivity index (χ3v) is 8.04. The molecule has 2 heterocycles. The average molecular weight is 446 g/mol. The van der Waals surface area contributed by atoms with Crippen molar-refractivity contribution in [3.8, 4) is 12.1 Å². The van der Waals surface area contributed by atoms with Gasteiger partial charge in [-0.05, 0) is 70.5 Å². The van der Waals surface area contributed by atoms with Crippen LogP contribution in [0.4, 0.5) is 5.69 Å². The molecule has 0 saturated heterocycles. The molecule has 0 amide bonds. The van der Waals surface area contributed by atoms with E-state index in [4.69, 9.17) is 0 Å². The van der Waals surface area contributed by atoms with Crippen LogP contribution in [0, 0.1) is 29.6 Å². The second-order valence-corrected chi connectivity index (χ2v) is 11.2. The summed E-state index contributed by atoms with van der Waals surface area (Å²) in [5, 5.41) is 21.3. The first kappa shape index (κ1) is 22.2. The van der Waals surface area contributed by atoms with Crippen molar-refractivity contribution in [1.29, 1.82) is 10.5 Å². The zero-order valence-electron chi connectivity index (χ0n) is 20.8. The Morgan fingerprint density at radius 3 is 1.94 bits per heavy atom. The van der Waals surface area contributed by atoms with E-state index in [0.717, 1.165) is 47.8 Å². The summed E-state index contributed by atoms with van der Waals surface area (Å²) in [7, 11) is 0. The van der Waals surface area contributed by atoms with Gasteiger partial charge in [0.05, 0.1) is 11.1 Å².